The summed E-state index contributed by atoms with van der Waals surface area (Å²) in [5.74, 6) is 0.696. The Kier molecular flexibility index (Phi) is 3.56. The molecule has 1 fully saturated rings. The lowest BCUT2D eigenvalue weighted by atomic mass is 9.93. The van der Waals surface area contributed by atoms with Crippen molar-refractivity contribution in [3.63, 3.8) is 0 Å². The molecule has 0 N–H and O–H groups in total. The van der Waals surface area contributed by atoms with Crippen molar-refractivity contribution in [3.8, 4) is 6.07 Å². The van der Waals surface area contributed by atoms with E-state index in [0.717, 1.165) is 29.2 Å². The molecule has 1 aliphatic heterocycles. The van der Waals surface area contributed by atoms with Crippen LogP contribution in [0.1, 0.15) is 43.6 Å². The molecule has 0 aromatic carbocycles. The van der Waals surface area contributed by atoms with Gasteiger partial charge in [0.25, 0.3) is 0 Å². The predicted molar refractivity (Wildman–Crippen MR) is 73.6 cm³/mol. The molecule has 0 bridgehead atoms. The van der Waals surface area contributed by atoms with Gasteiger partial charge in [-0.1, -0.05) is 6.92 Å². The summed E-state index contributed by atoms with van der Waals surface area (Å²) in [5.41, 5.74) is 3.65. The minimum absolute atomic E-state index is 0.509. The number of rotatable bonds is 1. The molecule has 18 heavy (non-hydrogen) atoms. The quantitative estimate of drug-likeness (QED) is 0.760. The Balaban J connectivity index is 2.46. The average molecular weight is 243 g/mol. The third-order valence-electron chi connectivity index (χ3n) is 3.85. The highest BCUT2D eigenvalue weighted by molar-refractivity contribution is 5.62. The lowest BCUT2D eigenvalue weighted by molar-refractivity contribution is 0.390. The van der Waals surface area contributed by atoms with E-state index in [1.165, 1.54) is 12.8 Å². The van der Waals surface area contributed by atoms with Gasteiger partial charge in [-0.15, -0.1) is 0 Å². The van der Waals surface area contributed by atoms with Crippen LogP contribution in [0.3, 0.4) is 0 Å². The topological polar surface area (TPSA) is 39.9 Å². The van der Waals surface area contributed by atoms with Gasteiger partial charge in [-0.25, -0.2) is 0 Å². The van der Waals surface area contributed by atoms with Crippen LogP contribution in [-0.2, 0) is 0 Å². The van der Waals surface area contributed by atoms with E-state index in [2.05, 4.69) is 35.9 Å². The zero-order valence-corrected chi connectivity index (χ0v) is 11.7. The molecular formula is C15H21N3. The first-order valence-electron chi connectivity index (χ1n) is 6.68. The van der Waals surface area contributed by atoms with E-state index in [0.29, 0.717) is 12.0 Å². The minimum atomic E-state index is 0.509. The van der Waals surface area contributed by atoms with E-state index in [1.807, 2.05) is 13.8 Å². The van der Waals surface area contributed by atoms with E-state index in [1.54, 1.807) is 0 Å². The van der Waals surface area contributed by atoms with Crippen LogP contribution in [0.4, 0.5) is 5.69 Å². The summed E-state index contributed by atoms with van der Waals surface area (Å²) < 4.78 is 0. The lowest BCUT2D eigenvalue weighted by Crippen LogP contribution is -2.41. The van der Waals surface area contributed by atoms with Gasteiger partial charge >= 0.3 is 0 Å². The van der Waals surface area contributed by atoms with Crippen molar-refractivity contribution in [1.82, 2.24) is 4.98 Å². The Hall–Kier alpha value is -1.56. The maximum Gasteiger partial charge on any atom is 0.103 e. The predicted octanol–water partition coefficient (Wildman–Crippen LogP) is 3.19. The monoisotopic (exact) mass is 243 g/mol. The molecule has 96 valence electrons. The highest BCUT2D eigenvalue weighted by Gasteiger charge is 2.25. The Labute approximate surface area is 109 Å². The first-order chi connectivity index (χ1) is 8.52. The fraction of sp³-hybridized carbons (Fsp3) is 0.600. The molecule has 1 aromatic rings. The second kappa shape index (κ2) is 4.97. The molecule has 2 heterocycles. The van der Waals surface area contributed by atoms with Crippen molar-refractivity contribution in [2.75, 3.05) is 11.4 Å². The molecule has 0 aliphatic carbocycles. The molecule has 2 rings (SSSR count). The van der Waals surface area contributed by atoms with Crippen molar-refractivity contribution in [3.05, 3.63) is 23.0 Å². The number of nitrogens with zero attached hydrogens (tertiary/aromatic N) is 3. The zero-order valence-electron chi connectivity index (χ0n) is 11.7. The molecule has 3 heteroatoms. The Morgan fingerprint density at radius 3 is 2.72 bits per heavy atom. The van der Waals surface area contributed by atoms with Gasteiger partial charge < -0.3 is 4.90 Å². The second-order valence-corrected chi connectivity index (χ2v) is 5.54. The number of anilines is 1. The van der Waals surface area contributed by atoms with Crippen LogP contribution in [0.2, 0.25) is 0 Å². The summed E-state index contributed by atoms with van der Waals surface area (Å²) in [6.07, 6.45) is 2.48. The summed E-state index contributed by atoms with van der Waals surface area (Å²) in [6, 6.07) is 4.88. The van der Waals surface area contributed by atoms with Gasteiger partial charge in [0, 0.05) is 18.3 Å². The van der Waals surface area contributed by atoms with Gasteiger partial charge in [-0.05, 0) is 45.6 Å². The maximum absolute atomic E-state index is 9.36. The average Bonchev–Trinajstić information content (AvgIpc) is 2.31. The molecule has 1 saturated heterocycles. The normalized spacial score (nSPS) is 23.8. The lowest BCUT2D eigenvalue weighted by Gasteiger charge is -2.39. The van der Waals surface area contributed by atoms with Crippen molar-refractivity contribution >= 4 is 5.69 Å². The number of hydrogen-bond acceptors (Lipinski definition) is 3. The van der Waals surface area contributed by atoms with Crippen LogP contribution in [0.15, 0.2) is 6.07 Å². The number of hydrogen-bond donors (Lipinski definition) is 0. The zero-order chi connectivity index (χ0) is 13.3. The molecule has 1 aromatic heterocycles. The highest BCUT2D eigenvalue weighted by Crippen LogP contribution is 2.31. The number of pyridine rings is 1. The third kappa shape index (κ3) is 2.33. The largest absolute Gasteiger partial charge is 0.367 e. The molecule has 0 spiro atoms. The first-order valence-corrected chi connectivity index (χ1v) is 6.68. The molecule has 0 radical (unpaired) electrons. The van der Waals surface area contributed by atoms with Gasteiger partial charge in [0.15, 0.2) is 0 Å². The maximum atomic E-state index is 9.36. The smallest absolute Gasteiger partial charge is 0.103 e. The summed E-state index contributed by atoms with van der Waals surface area (Å²) in [7, 11) is 0. The molecule has 3 nitrogen and oxygen atoms in total. The molecule has 2 atom stereocenters. The van der Waals surface area contributed by atoms with Crippen molar-refractivity contribution < 1.29 is 0 Å². The molecule has 0 saturated carbocycles. The SMILES string of the molecule is Cc1cc(N2CC(C)CCC2C)c(C#N)c(C)n1. The van der Waals surface area contributed by atoms with Gasteiger partial charge in [-0.2, -0.15) is 5.26 Å². The summed E-state index contributed by atoms with van der Waals surface area (Å²) in [6.45, 7) is 9.49. The van der Waals surface area contributed by atoms with Crippen LogP contribution in [0.5, 0.6) is 0 Å². The number of aromatic nitrogens is 1. The van der Waals surface area contributed by atoms with Crippen molar-refractivity contribution in [1.29, 1.82) is 5.26 Å². The highest BCUT2D eigenvalue weighted by atomic mass is 15.2. The van der Waals surface area contributed by atoms with Gasteiger partial charge in [0.1, 0.15) is 6.07 Å². The van der Waals surface area contributed by atoms with Crippen LogP contribution >= 0.6 is 0 Å². The Bertz CT molecular complexity index is 487. The first kappa shape index (κ1) is 12.9. The van der Waals surface area contributed by atoms with Crippen LogP contribution < -0.4 is 4.90 Å². The Morgan fingerprint density at radius 1 is 1.33 bits per heavy atom. The van der Waals surface area contributed by atoms with E-state index < -0.39 is 0 Å². The summed E-state index contributed by atoms with van der Waals surface area (Å²) >= 11 is 0. The Morgan fingerprint density at radius 2 is 2.06 bits per heavy atom. The standard InChI is InChI=1S/C15H21N3/c1-10-5-6-12(3)18(9-10)15-7-11(2)17-13(4)14(15)8-16/h7,10,12H,5-6,9H2,1-4H3. The van der Waals surface area contributed by atoms with E-state index in [4.69, 9.17) is 0 Å². The molecular weight excluding hydrogens is 222 g/mol. The molecule has 0 amide bonds. The second-order valence-electron chi connectivity index (χ2n) is 5.54. The van der Waals surface area contributed by atoms with Gasteiger partial charge in [0.05, 0.1) is 16.9 Å². The van der Waals surface area contributed by atoms with E-state index in [-0.39, 0.29) is 0 Å². The van der Waals surface area contributed by atoms with Crippen molar-refractivity contribution in [2.45, 2.75) is 46.6 Å². The fourth-order valence-electron chi connectivity index (χ4n) is 2.80. The number of aryl methyl sites for hydroxylation is 2. The summed E-state index contributed by atoms with van der Waals surface area (Å²) in [4.78, 5) is 6.78. The van der Waals surface area contributed by atoms with E-state index >= 15 is 0 Å². The van der Waals surface area contributed by atoms with E-state index in [9.17, 15) is 5.26 Å². The third-order valence-corrected chi connectivity index (χ3v) is 3.85. The van der Waals surface area contributed by atoms with Gasteiger partial charge in [-0.3, -0.25) is 4.98 Å². The van der Waals surface area contributed by atoms with Crippen LogP contribution in [-0.4, -0.2) is 17.6 Å². The van der Waals surface area contributed by atoms with Crippen molar-refractivity contribution in [2.24, 2.45) is 5.92 Å². The minimum Gasteiger partial charge on any atom is -0.367 e. The number of piperidine rings is 1. The van der Waals surface area contributed by atoms with Crippen LogP contribution in [0, 0.1) is 31.1 Å². The number of nitriles is 1. The molecule has 2 unspecified atom stereocenters. The fourth-order valence-corrected chi connectivity index (χ4v) is 2.80. The van der Waals surface area contributed by atoms with Gasteiger partial charge in [0.2, 0.25) is 0 Å². The molecule has 1 aliphatic rings. The summed E-state index contributed by atoms with van der Waals surface area (Å²) in [5, 5.41) is 9.36. The van der Waals surface area contributed by atoms with Crippen LogP contribution in [0.25, 0.3) is 0 Å².